The molecule has 1 aromatic rings. The quantitative estimate of drug-likeness (QED) is 0.865. The second-order valence-corrected chi connectivity index (χ2v) is 4.29. The average molecular weight is 308 g/mol. The molecule has 1 saturated heterocycles. The standard InChI is InChI=1S/C12H11F2NO4.ClH/c13-12(14)6-19-11(16)15-10(12)7-2-1-3-8-9(7)18-5-4-17-8;/h1-3,10H,4-6H2,(H,15,16);1H/t10-;/m0./s1. The number of amides is 1. The van der Waals surface area contributed by atoms with Gasteiger partial charge in [-0.15, -0.1) is 12.4 Å². The summed E-state index contributed by atoms with van der Waals surface area (Å²) in [5.74, 6) is -2.55. The van der Waals surface area contributed by atoms with Crippen LogP contribution in [0, 0.1) is 0 Å². The van der Waals surface area contributed by atoms with Crippen molar-refractivity contribution in [2.45, 2.75) is 12.0 Å². The van der Waals surface area contributed by atoms with Crippen molar-refractivity contribution in [1.29, 1.82) is 0 Å². The summed E-state index contributed by atoms with van der Waals surface area (Å²) in [7, 11) is 0. The molecule has 8 heteroatoms. The number of alkyl halides is 2. The maximum absolute atomic E-state index is 13.9. The number of fused-ring (bicyclic) bond motifs is 1. The van der Waals surface area contributed by atoms with Gasteiger partial charge in [0.05, 0.1) is 0 Å². The van der Waals surface area contributed by atoms with E-state index in [2.05, 4.69) is 10.1 Å². The summed E-state index contributed by atoms with van der Waals surface area (Å²) in [5, 5.41) is 2.13. The van der Waals surface area contributed by atoms with Crippen LogP contribution in [0.4, 0.5) is 13.6 Å². The monoisotopic (exact) mass is 307 g/mol. The fourth-order valence-electron chi connectivity index (χ4n) is 2.14. The first-order valence-corrected chi connectivity index (χ1v) is 5.77. The number of alkyl carbamates (subject to hydrolysis) is 1. The molecule has 110 valence electrons. The maximum Gasteiger partial charge on any atom is 0.408 e. The Morgan fingerprint density at radius 1 is 1.20 bits per heavy atom. The predicted octanol–water partition coefficient (Wildman–Crippen LogP) is 2.30. The summed E-state index contributed by atoms with van der Waals surface area (Å²) in [6.45, 7) is -0.298. The third kappa shape index (κ3) is 2.45. The van der Waals surface area contributed by atoms with Gasteiger partial charge in [-0.2, -0.15) is 0 Å². The Kier molecular flexibility index (Phi) is 3.89. The molecule has 1 amide bonds. The molecule has 2 aliphatic heterocycles. The Labute approximate surface area is 119 Å². The van der Waals surface area contributed by atoms with E-state index < -0.39 is 24.7 Å². The van der Waals surface area contributed by atoms with Gasteiger partial charge in [-0.25, -0.2) is 13.6 Å². The first kappa shape index (κ1) is 14.6. The number of rotatable bonds is 1. The van der Waals surface area contributed by atoms with Gasteiger partial charge in [0, 0.05) is 5.56 Å². The molecule has 2 aliphatic rings. The zero-order valence-corrected chi connectivity index (χ0v) is 11.0. The molecular weight excluding hydrogens is 296 g/mol. The van der Waals surface area contributed by atoms with Gasteiger partial charge in [-0.05, 0) is 6.07 Å². The molecule has 0 unspecified atom stereocenters. The number of hydrogen-bond donors (Lipinski definition) is 1. The number of benzene rings is 1. The lowest BCUT2D eigenvalue weighted by atomic mass is 9.98. The normalized spacial score (nSPS) is 23.1. The molecule has 20 heavy (non-hydrogen) atoms. The van der Waals surface area contributed by atoms with Crippen LogP contribution < -0.4 is 14.8 Å². The highest BCUT2D eigenvalue weighted by Crippen LogP contribution is 2.43. The van der Waals surface area contributed by atoms with E-state index in [0.717, 1.165) is 0 Å². The van der Waals surface area contributed by atoms with Crippen LogP contribution in [-0.4, -0.2) is 31.8 Å². The number of ether oxygens (including phenoxy) is 3. The molecule has 5 nitrogen and oxygen atoms in total. The van der Waals surface area contributed by atoms with Crippen LogP contribution >= 0.6 is 12.4 Å². The number of hydrogen-bond acceptors (Lipinski definition) is 4. The van der Waals surface area contributed by atoms with E-state index in [-0.39, 0.29) is 30.3 Å². The van der Waals surface area contributed by atoms with E-state index in [1.807, 2.05) is 0 Å². The Hall–Kier alpha value is -1.76. The zero-order chi connectivity index (χ0) is 13.5. The second-order valence-electron chi connectivity index (χ2n) is 4.29. The van der Waals surface area contributed by atoms with Crippen molar-refractivity contribution in [2.24, 2.45) is 0 Å². The largest absolute Gasteiger partial charge is 0.486 e. The van der Waals surface area contributed by atoms with E-state index in [1.54, 1.807) is 12.1 Å². The van der Waals surface area contributed by atoms with Crippen molar-refractivity contribution in [1.82, 2.24) is 5.32 Å². The molecule has 0 radical (unpaired) electrons. The van der Waals surface area contributed by atoms with Crippen molar-refractivity contribution in [3.05, 3.63) is 23.8 Å². The zero-order valence-electron chi connectivity index (χ0n) is 10.2. The van der Waals surface area contributed by atoms with Crippen LogP contribution in [0.25, 0.3) is 0 Å². The molecule has 0 aromatic heterocycles. The highest BCUT2D eigenvalue weighted by atomic mass is 35.5. The molecule has 3 rings (SSSR count). The molecule has 1 N–H and O–H groups in total. The number of nitrogens with one attached hydrogen (secondary N) is 1. The van der Waals surface area contributed by atoms with E-state index in [4.69, 9.17) is 9.47 Å². The Bertz CT molecular complexity index is 526. The van der Waals surface area contributed by atoms with Crippen molar-refractivity contribution in [3.63, 3.8) is 0 Å². The molecule has 1 fully saturated rings. The van der Waals surface area contributed by atoms with Crippen LogP contribution in [0.2, 0.25) is 0 Å². The third-order valence-electron chi connectivity index (χ3n) is 2.99. The summed E-state index contributed by atoms with van der Waals surface area (Å²) in [6, 6.07) is 3.22. The summed E-state index contributed by atoms with van der Waals surface area (Å²) >= 11 is 0. The van der Waals surface area contributed by atoms with E-state index in [0.29, 0.717) is 12.4 Å². The SMILES string of the molecule is Cl.O=C1N[C@@H](c2cccc3c2OCCO3)C(F)(F)CO1. The van der Waals surface area contributed by atoms with Crippen molar-refractivity contribution >= 4 is 18.5 Å². The lowest BCUT2D eigenvalue weighted by Gasteiger charge is -2.33. The fourth-order valence-corrected chi connectivity index (χ4v) is 2.14. The van der Waals surface area contributed by atoms with Gasteiger partial charge in [0.2, 0.25) is 0 Å². The van der Waals surface area contributed by atoms with Crippen LogP contribution in [0.15, 0.2) is 18.2 Å². The summed E-state index contributed by atoms with van der Waals surface area (Å²) in [4.78, 5) is 11.2. The lowest BCUT2D eigenvalue weighted by Crippen LogP contribution is -2.49. The van der Waals surface area contributed by atoms with Crippen LogP contribution in [0.5, 0.6) is 11.5 Å². The number of halogens is 3. The first-order valence-electron chi connectivity index (χ1n) is 5.77. The molecule has 1 atom stereocenters. The van der Waals surface area contributed by atoms with Crippen molar-refractivity contribution < 1.29 is 27.8 Å². The topological polar surface area (TPSA) is 56.8 Å². The van der Waals surface area contributed by atoms with Gasteiger partial charge >= 0.3 is 12.0 Å². The number of para-hydroxylation sites is 1. The minimum absolute atomic E-state index is 0. The molecule has 0 aliphatic carbocycles. The van der Waals surface area contributed by atoms with Gasteiger partial charge in [0.1, 0.15) is 19.3 Å². The molecule has 0 bridgehead atoms. The maximum atomic E-state index is 13.9. The van der Waals surface area contributed by atoms with Gasteiger partial charge in [0.15, 0.2) is 18.1 Å². The Balaban J connectivity index is 0.00000147. The van der Waals surface area contributed by atoms with E-state index in [9.17, 15) is 13.6 Å². The van der Waals surface area contributed by atoms with Gasteiger partial charge in [-0.3, -0.25) is 0 Å². The van der Waals surface area contributed by atoms with Crippen molar-refractivity contribution in [2.75, 3.05) is 19.8 Å². The Morgan fingerprint density at radius 2 is 1.95 bits per heavy atom. The third-order valence-corrected chi connectivity index (χ3v) is 2.99. The smallest absolute Gasteiger partial charge is 0.408 e. The Morgan fingerprint density at radius 3 is 2.75 bits per heavy atom. The number of carbonyl (C=O) groups is 1. The van der Waals surface area contributed by atoms with E-state index >= 15 is 0 Å². The highest BCUT2D eigenvalue weighted by Gasteiger charge is 2.48. The molecular formula is C12H12ClF2NO4. The second kappa shape index (κ2) is 5.32. The summed E-state index contributed by atoms with van der Waals surface area (Å²) < 4.78 is 42.8. The average Bonchev–Trinajstić information content (AvgIpc) is 2.41. The predicted molar refractivity (Wildman–Crippen MR) is 66.9 cm³/mol. The van der Waals surface area contributed by atoms with Gasteiger partial charge in [0.25, 0.3) is 0 Å². The summed E-state index contributed by atoms with van der Waals surface area (Å²) in [5.41, 5.74) is 0.193. The molecule has 0 spiro atoms. The lowest BCUT2D eigenvalue weighted by molar-refractivity contribution is -0.104. The number of cyclic esters (lactones) is 1. The van der Waals surface area contributed by atoms with Crippen molar-refractivity contribution in [3.8, 4) is 11.5 Å². The minimum Gasteiger partial charge on any atom is -0.486 e. The van der Waals surface area contributed by atoms with Crippen LogP contribution in [0.1, 0.15) is 11.6 Å². The minimum atomic E-state index is -3.20. The molecule has 1 aromatic carbocycles. The van der Waals surface area contributed by atoms with E-state index in [1.165, 1.54) is 6.07 Å². The van der Waals surface area contributed by atoms with Gasteiger partial charge in [-0.1, -0.05) is 12.1 Å². The highest BCUT2D eigenvalue weighted by molar-refractivity contribution is 5.85. The first-order chi connectivity index (χ1) is 9.08. The summed E-state index contributed by atoms with van der Waals surface area (Å²) in [6.07, 6.45) is -0.870. The van der Waals surface area contributed by atoms with Gasteiger partial charge < -0.3 is 19.5 Å². The van der Waals surface area contributed by atoms with Crippen LogP contribution in [0.3, 0.4) is 0 Å². The van der Waals surface area contributed by atoms with Crippen LogP contribution in [-0.2, 0) is 4.74 Å². The molecule has 0 saturated carbocycles. The number of carbonyl (C=O) groups excluding carboxylic acids is 1. The fraction of sp³-hybridized carbons (Fsp3) is 0.417. The molecule has 2 heterocycles.